The third kappa shape index (κ3) is 3.43. The molecule has 1 aliphatic rings. The number of amides is 2. The summed E-state index contributed by atoms with van der Waals surface area (Å²) in [6.45, 7) is 3.42. The number of nitrogens with zero attached hydrogens (tertiary/aromatic N) is 4. The van der Waals surface area contributed by atoms with Crippen LogP contribution in [0.15, 0.2) is 54.7 Å². The number of carbonyl (C=O) groups excluding carboxylic acids is 2. The molecule has 7 heteroatoms. The molecule has 2 amide bonds. The molecule has 2 aromatic heterocycles. The number of nitrogens with one attached hydrogen (secondary N) is 1. The minimum atomic E-state index is -0.228. The average molecular weight is 377 g/mol. The Morgan fingerprint density at radius 3 is 2.71 bits per heavy atom. The first kappa shape index (κ1) is 18.0. The van der Waals surface area contributed by atoms with Crippen LogP contribution in [0.25, 0.3) is 0 Å². The molecule has 0 saturated heterocycles. The van der Waals surface area contributed by atoms with Crippen molar-refractivity contribution in [2.75, 3.05) is 6.54 Å². The van der Waals surface area contributed by atoms with Gasteiger partial charge >= 0.3 is 0 Å². The van der Waals surface area contributed by atoms with E-state index in [0.29, 0.717) is 31.0 Å². The van der Waals surface area contributed by atoms with Crippen molar-refractivity contribution in [3.63, 3.8) is 0 Å². The van der Waals surface area contributed by atoms with Crippen molar-refractivity contribution in [1.82, 2.24) is 24.6 Å². The van der Waals surface area contributed by atoms with Crippen LogP contribution < -0.4 is 5.32 Å². The minimum Gasteiger partial charge on any atom is -0.349 e. The number of hydrogen-bond acceptors (Lipinski definition) is 3. The third-order valence-corrected chi connectivity index (χ3v) is 5.20. The Morgan fingerprint density at radius 2 is 2.00 bits per heavy atom. The smallest absolute Gasteiger partial charge is 0.271 e. The summed E-state index contributed by atoms with van der Waals surface area (Å²) >= 11 is 0. The second-order valence-electron chi connectivity index (χ2n) is 7.12. The monoisotopic (exact) mass is 377 g/mol. The van der Waals surface area contributed by atoms with Crippen LogP contribution in [0, 0.1) is 6.92 Å². The Kier molecular flexibility index (Phi) is 4.73. The van der Waals surface area contributed by atoms with Crippen LogP contribution in [0.3, 0.4) is 0 Å². The molecule has 7 nitrogen and oxygen atoms in total. The molecular formula is C21H23N5O2. The number of rotatable bonds is 5. The standard InChI is InChI=1S/C21H23N5O2/c1-15-11-18(23-24(15)2)20(27)22-12-17-14-25-10-6-9-19(25)21(28)26(17)13-16-7-4-3-5-8-16/h3-11,17H,12-14H2,1-2H3,(H,22,27). The zero-order chi connectivity index (χ0) is 19.7. The van der Waals surface area contributed by atoms with Crippen molar-refractivity contribution in [3.8, 4) is 0 Å². The first-order valence-corrected chi connectivity index (χ1v) is 9.32. The Bertz CT molecular complexity index is 985. The van der Waals surface area contributed by atoms with Crippen molar-refractivity contribution in [3.05, 3.63) is 77.4 Å². The fourth-order valence-corrected chi connectivity index (χ4v) is 3.53. The van der Waals surface area contributed by atoms with Gasteiger partial charge in [0, 0.05) is 38.6 Å². The van der Waals surface area contributed by atoms with Gasteiger partial charge in [0.15, 0.2) is 0 Å². The van der Waals surface area contributed by atoms with E-state index in [4.69, 9.17) is 0 Å². The highest BCUT2D eigenvalue weighted by Gasteiger charge is 2.32. The van der Waals surface area contributed by atoms with Crippen molar-refractivity contribution in [1.29, 1.82) is 0 Å². The van der Waals surface area contributed by atoms with Gasteiger partial charge in [-0.3, -0.25) is 14.3 Å². The largest absolute Gasteiger partial charge is 0.349 e. The van der Waals surface area contributed by atoms with Gasteiger partial charge in [0.1, 0.15) is 11.4 Å². The molecule has 0 aliphatic carbocycles. The summed E-state index contributed by atoms with van der Waals surface area (Å²) in [5.74, 6) is -0.248. The van der Waals surface area contributed by atoms with Crippen LogP contribution in [0.4, 0.5) is 0 Å². The first-order chi connectivity index (χ1) is 13.5. The summed E-state index contributed by atoms with van der Waals surface area (Å²) in [4.78, 5) is 27.4. The van der Waals surface area contributed by atoms with Gasteiger partial charge in [0.25, 0.3) is 11.8 Å². The van der Waals surface area contributed by atoms with Gasteiger partial charge in [0.2, 0.25) is 0 Å². The quantitative estimate of drug-likeness (QED) is 0.739. The lowest BCUT2D eigenvalue weighted by atomic mass is 10.1. The van der Waals surface area contributed by atoms with E-state index < -0.39 is 0 Å². The van der Waals surface area contributed by atoms with E-state index in [1.165, 1.54) is 0 Å². The number of carbonyl (C=O) groups is 2. The third-order valence-electron chi connectivity index (χ3n) is 5.20. The molecule has 1 aliphatic heterocycles. The molecule has 0 radical (unpaired) electrons. The number of benzene rings is 1. The topological polar surface area (TPSA) is 72.2 Å². The highest BCUT2D eigenvalue weighted by Crippen LogP contribution is 2.21. The fourth-order valence-electron chi connectivity index (χ4n) is 3.53. The van der Waals surface area contributed by atoms with E-state index in [1.54, 1.807) is 17.8 Å². The van der Waals surface area contributed by atoms with Gasteiger partial charge in [-0.05, 0) is 30.7 Å². The molecule has 0 bridgehead atoms. The number of aryl methyl sites for hydroxylation is 2. The fraction of sp³-hybridized carbons (Fsp3) is 0.286. The van der Waals surface area contributed by atoms with Crippen molar-refractivity contribution < 1.29 is 9.59 Å². The Hall–Kier alpha value is -3.35. The van der Waals surface area contributed by atoms with E-state index in [1.807, 2.05) is 65.1 Å². The molecular weight excluding hydrogens is 354 g/mol. The van der Waals surface area contributed by atoms with Gasteiger partial charge in [-0.2, -0.15) is 5.10 Å². The van der Waals surface area contributed by atoms with Crippen molar-refractivity contribution in [2.45, 2.75) is 26.1 Å². The number of fused-ring (bicyclic) bond motifs is 1. The maximum atomic E-state index is 13.0. The van der Waals surface area contributed by atoms with E-state index in [9.17, 15) is 9.59 Å². The van der Waals surface area contributed by atoms with Crippen LogP contribution in [-0.4, -0.2) is 43.6 Å². The minimum absolute atomic E-state index is 0.0203. The maximum Gasteiger partial charge on any atom is 0.271 e. The molecule has 3 heterocycles. The summed E-state index contributed by atoms with van der Waals surface area (Å²) in [7, 11) is 1.81. The SMILES string of the molecule is Cc1cc(C(=O)NCC2Cn3cccc3C(=O)N2Cc2ccccc2)nn1C. The van der Waals surface area contributed by atoms with Crippen LogP contribution in [0.1, 0.15) is 32.2 Å². The Labute approximate surface area is 163 Å². The van der Waals surface area contributed by atoms with Crippen LogP contribution in [0.5, 0.6) is 0 Å². The molecule has 0 spiro atoms. The van der Waals surface area contributed by atoms with Crippen LogP contribution in [0.2, 0.25) is 0 Å². The van der Waals surface area contributed by atoms with E-state index in [2.05, 4.69) is 10.4 Å². The summed E-state index contributed by atoms with van der Waals surface area (Å²) in [6, 6.07) is 15.2. The second-order valence-corrected chi connectivity index (χ2v) is 7.12. The van der Waals surface area contributed by atoms with Gasteiger partial charge in [0.05, 0.1) is 6.04 Å². The molecule has 0 saturated carbocycles. The van der Waals surface area contributed by atoms with Crippen molar-refractivity contribution >= 4 is 11.8 Å². The normalized spacial score (nSPS) is 16.1. The lowest BCUT2D eigenvalue weighted by molar-refractivity contribution is 0.0563. The lowest BCUT2D eigenvalue weighted by Crippen LogP contribution is -2.52. The molecule has 28 heavy (non-hydrogen) atoms. The Balaban J connectivity index is 1.52. The van der Waals surface area contributed by atoms with Crippen LogP contribution >= 0.6 is 0 Å². The zero-order valence-electron chi connectivity index (χ0n) is 16.0. The summed E-state index contributed by atoms with van der Waals surface area (Å²) in [5, 5.41) is 7.17. The summed E-state index contributed by atoms with van der Waals surface area (Å²) in [5.41, 5.74) is 3.05. The molecule has 4 rings (SSSR count). The van der Waals surface area contributed by atoms with Gasteiger partial charge < -0.3 is 14.8 Å². The molecule has 1 N–H and O–H groups in total. The summed E-state index contributed by atoms with van der Waals surface area (Å²) in [6.07, 6.45) is 1.91. The zero-order valence-corrected chi connectivity index (χ0v) is 16.0. The Morgan fingerprint density at radius 1 is 1.21 bits per heavy atom. The number of hydrogen-bond donors (Lipinski definition) is 1. The molecule has 1 aromatic carbocycles. The van der Waals surface area contributed by atoms with Crippen LogP contribution in [-0.2, 0) is 20.1 Å². The highest BCUT2D eigenvalue weighted by molar-refractivity contribution is 5.94. The van der Waals surface area contributed by atoms with Gasteiger partial charge in [-0.1, -0.05) is 30.3 Å². The van der Waals surface area contributed by atoms with Gasteiger partial charge in [-0.25, -0.2) is 0 Å². The lowest BCUT2D eigenvalue weighted by Gasteiger charge is -2.36. The number of aromatic nitrogens is 3. The molecule has 3 aromatic rings. The first-order valence-electron chi connectivity index (χ1n) is 9.32. The predicted molar refractivity (Wildman–Crippen MR) is 105 cm³/mol. The molecule has 1 atom stereocenters. The second kappa shape index (κ2) is 7.34. The van der Waals surface area contributed by atoms with E-state index >= 15 is 0 Å². The molecule has 1 unspecified atom stereocenters. The van der Waals surface area contributed by atoms with E-state index in [-0.39, 0.29) is 17.9 Å². The van der Waals surface area contributed by atoms with Gasteiger partial charge in [-0.15, -0.1) is 0 Å². The average Bonchev–Trinajstić information content (AvgIpc) is 3.30. The predicted octanol–water partition coefficient (Wildman–Crippen LogP) is 1.98. The molecule has 0 fully saturated rings. The maximum absolute atomic E-state index is 13.0. The summed E-state index contributed by atoms with van der Waals surface area (Å²) < 4.78 is 3.62. The molecule has 144 valence electrons. The highest BCUT2D eigenvalue weighted by atomic mass is 16.2. The van der Waals surface area contributed by atoms with E-state index in [0.717, 1.165) is 11.3 Å². The van der Waals surface area contributed by atoms with Crippen molar-refractivity contribution in [2.24, 2.45) is 7.05 Å².